The fourth-order valence-corrected chi connectivity index (χ4v) is 3.01. The van der Waals surface area contributed by atoms with Gasteiger partial charge in [-0.2, -0.15) is 0 Å². The first-order valence-electron chi connectivity index (χ1n) is 8.80. The Kier molecular flexibility index (Phi) is 5.77. The lowest BCUT2D eigenvalue weighted by Crippen LogP contribution is -2.31. The second-order valence-electron chi connectivity index (χ2n) is 6.32. The zero-order valence-electron chi connectivity index (χ0n) is 14.3. The molecule has 1 fully saturated rings. The summed E-state index contributed by atoms with van der Waals surface area (Å²) in [6.07, 6.45) is 7.93. The zero-order valence-corrected chi connectivity index (χ0v) is 14.3. The van der Waals surface area contributed by atoms with Gasteiger partial charge in [-0.3, -0.25) is 14.6 Å². The van der Waals surface area contributed by atoms with E-state index in [4.69, 9.17) is 0 Å². The monoisotopic (exact) mass is 337 g/mol. The van der Waals surface area contributed by atoms with Crippen molar-refractivity contribution in [3.8, 4) is 0 Å². The third kappa shape index (κ3) is 4.66. The molecular formula is C20H23N3O2. The van der Waals surface area contributed by atoms with Crippen LogP contribution in [0.1, 0.15) is 52.0 Å². The molecule has 0 bridgehead atoms. The van der Waals surface area contributed by atoms with Crippen molar-refractivity contribution in [3.05, 3.63) is 65.5 Å². The highest BCUT2D eigenvalue weighted by Crippen LogP contribution is 2.14. The van der Waals surface area contributed by atoms with Crippen LogP contribution in [0, 0.1) is 0 Å². The highest BCUT2D eigenvalue weighted by molar-refractivity contribution is 5.97. The number of pyridine rings is 1. The van der Waals surface area contributed by atoms with Gasteiger partial charge >= 0.3 is 0 Å². The van der Waals surface area contributed by atoms with Crippen LogP contribution in [-0.4, -0.2) is 34.8 Å². The summed E-state index contributed by atoms with van der Waals surface area (Å²) < 4.78 is 0. The van der Waals surface area contributed by atoms with Gasteiger partial charge in [0.25, 0.3) is 11.8 Å². The molecule has 2 aromatic rings. The van der Waals surface area contributed by atoms with Gasteiger partial charge in [-0.25, -0.2) is 0 Å². The summed E-state index contributed by atoms with van der Waals surface area (Å²) in [6, 6.07) is 10.6. The number of benzene rings is 1. The minimum Gasteiger partial charge on any atom is -0.348 e. The number of carbonyl (C=O) groups excluding carboxylic acids is 2. The van der Waals surface area contributed by atoms with Crippen molar-refractivity contribution in [2.24, 2.45) is 0 Å². The summed E-state index contributed by atoms with van der Waals surface area (Å²) >= 11 is 0. The van der Waals surface area contributed by atoms with E-state index < -0.39 is 0 Å². The number of hydrogen-bond donors (Lipinski definition) is 1. The fourth-order valence-electron chi connectivity index (χ4n) is 3.01. The smallest absolute Gasteiger partial charge is 0.253 e. The van der Waals surface area contributed by atoms with Crippen LogP contribution < -0.4 is 5.32 Å². The van der Waals surface area contributed by atoms with Gasteiger partial charge in [-0.15, -0.1) is 0 Å². The highest BCUT2D eigenvalue weighted by atomic mass is 16.2. The molecule has 1 N–H and O–H groups in total. The highest BCUT2D eigenvalue weighted by Gasteiger charge is 2.17. The van der Waals surface area contributed by atoms with Gasteiger partial charge in [0.1, 0.15) is 0 Å². The maximum atomic E-state index is 12.6. The molecule has 130 valence electrons. The minimum absolute atomic E-state index is 0.0608. The average Bonchev–Trinajstić information content (AvgIpc) is 2.96. The molecule has 5 nitrogen and oxygen atoms in total. The van der Waals surface area contributed by atoms with Gasteiger partial charge in [0.05, 0.1) is 0 Å². The Labute approximate surface area is 148 Å². The summed E-state index contributed by atoms with van der Waals surface area (Å²) in [5.41, 5.74) is 2.20. The number of aromatic nitrogens is 1. The van der Waals surface area contributed by atoms with Crippen LogP contribution in [0.25, 0.3) is 0 Å². The van der Waals surface area contributed by atoms with Gasteiger partial charge < -0.3 is 10.2 Å². The number of carbonyl (C=O) groups is 2. The van der Waals surface area contributed by atoms with E-state index in [9.17, 15) is 9.59 Å². The molecule has 0 radical (unpaired) electrons. The van der Waals surface area contributed by atoms with E-state index in [2.05, 4.69) is 10.3 Å². The number of rotatable bonds is 4. The van der Waals surface area contributed by atoms with Crippen LogP contribution >= 0.6 is 0 Å². The van der Waals surface area contributed by atoms with Gasteiger partial charge in [-0.1, -0.05) is 12.8 Å². The third-order valence-electron chi connectivity index (χ3n) is 4.49. The second kappa shape index (κ2) is 8.42. The fraction of sp³-hybridized carbons (Fsp3) is 0.350. The molecule has 3 rings (SSSR count). The van der Waals surface area contributed by atoms with Crippen molar-refractivity contribution in [1.29, 1.82) is 0 Å². The van der Waals surface area contributed by atoms with E-state index in [0.717, 1.165) is 31.5 Å². The number of hydrogen-bond acceptors (Lipinski definition) is 3. The van der Waals surface area contributed by atoms with E-state index in [1.54, 1.807) is 36.7 Å². The minimum atomic E-state index is -0.148. The van der Waals surface area contributed by atoms with Crippen LogP contribution in [0.4, 0.5) is 0 Å². The lowest BCUT2D eigenvalue weighted by Gasteiger charge is -2.20. The first kappa shape index (κ1) is 17.1. The first-order chi connectivity index (χ1) is 12.2. The zero-order chi connectivity index (χ0) is 17.5. The largest absolute Gasteiger partial charge is 0.348 e. The number of likely N-dealkylation sites (tertiary alicyclic amines) is 1. The molecule has 5 heteroatoms. The molecule has 2 amide bonds. The molecule has 1 aromatic carbocycles. The number of nitrogens with one attached hydrogen (secondary N) is 1. The molecule has 2 heterocycles. The number of nitrogens with zero attached hydrogens (tertiary/aromatic N) is 2. The van der Waals surface area contributed by atoms with Crippen molar-refractivity contribution < 1.29 is 9.59 Å². The Morgan fingerprint density at radius 3 is 2.12 bits per heavy atom. The normalized spacial score (nSPS) is 14.6. The van der Waals surface area contributed by atoms with Crippen molar-refractivity contribution in [3.63, 3.8) is 0 Å². The van der Waals surface area contributed by atoms with E-state index >= 15 is 0 Å². The van der Waals surface area contributed by atoms with Crippen LogP contribution in [0.15, 0.2) is 48.8 Å². The molecule has 1 saturated heterocycles. The Hall–Kier alpha value is -2.69. The lowest BCUT2D eigenvalue weighted by molar-refractivity contribution is 0.0761. The van der Waals surface area contributed by atoms with Crippen LogP contribution in [0.5, 0.6) is 0 Å². The van der Waals surface area contributed by atoms with Crippen LogP contribution in [0.2, 0.25) is 0 Å². The quantitative estimate of drug-likeness (QED) is 0.933. The van der Waals surface area contributed by atoms with Gasteiger partial charge in [0.15, 0.2) is 0 Å². The summed E-state index contributed by atoms with van der Waals surface area (Å²) in [7, 11) is 0. The lowest BCUT2D eigenvalue weighted by atomic mass is 10.1. The molecule has 1 aliphatic heterocycles. The van der Waals surface area contributed by atoms with E-state index in [0.29, 0.717) is 17.7 Å². The molecule has 1 aromatic heterocycles. The second-order valence-corrected chi connectivity index (χ2v) is 6.32. The molecule has 0 unspecified atom stereocenters. The van der Waals surface area contributed by atoms with Crippen molar-refractivity contribution >= 4 is 11.8 Å². The van der Waals surface area contributed by atoms with Crippen LogP contribution in [0.3, 0.4) is 0 Å². The Balaban J connectivity index is 1.59. The van der Waals surface area contributed by atoms with E-state index in [-0.39, 0.29) is 11.8 Å². The summed E-state index contributed by atoms with van der Waals surface area (Å²) in [5, 5.41) is 2.87. The predicted molar refractivity (Wildman–Crippen MR) is 96.2 cm³/mol. The molecule has 0 spiro atoms. The maximum Gasteiger partial charge on any atom is 0.253 e. The molecule has 0 atom stereocenters. The van der Waals surface area contributed by atoms with Crippen molar-refractivity contribution in [2.45, 2.75) is 32.2 Å². The van der Waals surface area contributed by atoms with E-state index in [1.807, 2.05) is 17.0 Å². The predicted octanol–water partition coefficient (Wildman–Crippen LogP) is 3.03. The summed E-state index contributed by atoms with van der Waals surface area (Å²) in [4.78, 5) is 30.7. The van der Waals surface area contributed by atoms with Gasteiger partial charge in [-0.05, 0) is 54.8 Å². The first-order valence-corrected chi connectivity index (χ1v) is 8.80. The SMILES string of the molecule is O=C(NCc1ccncc1)c1ccc(C(=O)N2CCCCCC2)cc1. The Morgan fingerprint density at radius 1 is 0.880 bits per heavy atom. The van der Waals surface area contributed by atoms with Crippen molar-refractivity contribution in [2.75, 3.05) is 13.1 Å². The molecule has 0 aliphatic carbocycles. The molecule has 0 saturated carbocycles. The standard InChI is InChI=1S/C20H23N3O2/c24-19(22-15-16-9-11-21-12-10-16)17-5-7-18(8-6-17)20(25)23-13-3-1-2-4-14-23/h5-12H,1-4,13-15H2,(H,22,24). The average molecular weight is 337 g/mol. The number of amides is 2. The summed E-state index contributed by atoms with van der Waals surface area (Å²) in [6.45, 7) is 2.11. The van der Waals surface area contributed by atoms with Crippen LogP contribution in [-0.2, 0) is 6.54 Å². The molecule has 25 heavy (non-hydrogen) atoms. The van der Waals surface area contributed by atoms with E-state index in [1.165, 1.54) is 12.8 Å². The van der Waals surface area contributed by atoms with Crippen molar-refractivity contribution in [1.82, 2.24) is 15.2 Å². The Bertz CT molecular complexity index is 705. The third-order valence-corrected chi connectivity index (χ3v) is 4.49. The topological polar surface area (TPSA) is 62.3 Å². The van der Waals surface area contributed by atoms with Gasteiger partial charge in [0, 0.05) is 43.2 Å². The van der Waals surface area contributed by atoms with Gasteiger partial charge in [0.2, 0.25) is 0 Å². The molecule has 1 aliphatic rings. The Morgan fingerprint density at radius 2 is 1.48 bits per heavy atom. The summed E-state index contributed by atoms with van der Waals surface area (Å²) in [5.74, 6) is -0.0868. The molecular weight excluding hydrogens is 314 g/mol. The maximum absolute atomic E-state index is 12.6.